The van der Waals surface area contributed by atoms with Gasteiger partial charge in [0.1, 0.15) is 12.6 Å². The van der Waals surface area contributed by atoms with Crippen LogP contribution in [-0.2, 0) is 14.3 Å². The maximum Gasteiger partial charge on any atom is 0.326 e. The van der Waals surface area contributed by atoms with Gasteiger partial charge in [0.15, 0.2) is 0 Å². The molecule has 96 valence electrons. The summed E-state index contributed by atoms with van der Waals surface area (Å²) in [6.07, 6.45) is 4.83. The van der Waals surface area contributed by atoms with Gasteiger partial charge in [0, 0.05) is 13.2 Å². The number of carbonyl (C=O) groups is 2. The predicted molar refractivity (Wildman–Crippen MR) is 60.5 cm³/mol. The van der Waals surface area contributed by atoms with Crippen LogP contribution in [-0.4, -0.2) is 47.7 Å². The van der Waals surface area contributed by atoms with Gasteiger partial charge in [-0.2, -0.15) is 0 Å². The SMILES string of the molecule is COCC(=O)N1[C@@H]2CCCC[C@H]2C[C@H]1C(=O)O. The van der Waals surface area contributed by atoms with Crippen molar-refractivity contribution >= 4 is 11.9 Å². The minimum atomic E-state index is -0.885. The van der Waals surface area contributed by atoms with Gasteiger partial charge in [-0.1, -0.05) is 12.8 Å². The summed E-state index contributed by atoms with van der Waals surface area (Å²) in [5, 5.41) is 9.21. The van der Waals surface area contributed by atoms with Crippen molar-refractivity contribution in [1.29, 1.82) is 0 Å². The molecule has 2 fully saturated rings. The third-order valence-corrected chi connectivity index (χ3v) is 3.93. The van der Waals surface area contributed by atoms with Crippen molar-refractivity contribution in [3.05, 3.63) is 0 Å². The highest BCUT2D eigenvalue weighted by molar-refractivity contribution is 5.85. The lowest BCUT2D eigenvalue weighted by Gasteiger charge is -2.32. The standard InChI is InChI=1S/C12H19NO4/c1-17-7-11(14)13-9-5-3-2-4-8(9)6-10(13)12(15)16/h8-10H,2-7H2,1H3,(H,15,16)/t8-,9+,10-/m0/s1. The Hall–Kier alpha value is -1.10. The number of nitrogens with zero attached hydrogens (tertiary/aromatic N) is 1. The fourth-order valence-corrected chi connectivity index (χ4v) is 3.24. The van der Waals surface area contributed by atoms with Gasteiger partial charge in [-0.15, -0.1) is 0 Å². The number of fused-ring (bicyclic) bond motifs is 1. The summed E-state index contributed by atoms with van der Waals surface area (Å²) in [7, 11) is 1.46. The number of methoxy groups -OCH3 is 1. The first-order valence-electron chi connectivity index (χ1n) is 6.18. The third-order valence-electron chi connectivity index (χ3n) is 3.93. The van der Waals surface area contributed by atoms with Crippen molar-refractivity contribution in [2.75, 3.05) is 13.7 Å². The number of hydrogen-bond donors (Lipinski definition) is 1. The summed E-state index contributed by atoms with van der Waals surface area (Å²) in [5.41, 5.74) is 0. The summed E-state index contributed by atoms with van der Waals surface area (Å²) in [4.78, 5) is 24.7. The molecular formula is C12H19NO4. The summed E-state index contributed by atoms with van der Waals surface area (Å²) >= 11 is 0. The van der Waals surface area contributed by atoms with Gasteiger partial charge in [0.25, 0.3) is 0 Å². The van der Waals surface area contributed by atoms with Crippen LogP contribution in [0, 0.1) is 5.92 Å². The molecule has 1 aliphatic heterocycles. The van der Waals surface area contributed by atoms with Crippen molar-refractivity contribution in [1.82, 2.24) is 4.90 Å². The van der Waals surface area contributed by atoms with Crippen LogP contribution in [0.2, 0.25) is 0 Å². The average molecular weight is 241 g/mol. The molecule has 1 aliphatic carbocycles. The molecule has 0 unspecified atom stereocenters. The molecule has 1 saturated carbocycles. The number of rotatable bonds is 3. The maximum absolute atomic E-state index is 12.0. The van der Waals surface area contributed by atoms with Crippen molar-refractivity contribution < 1.29 is 19.4 Å². The predicted octanol–water partition coefficient (Wildman–Crippen LogP) is 0.877. The van der Waals surface area contributed by atoms with E-state index in [1.807, 2.05) is 0 Å². The number of likely N-dealkylation sites (tertiary alicyclic amines) is 1. The fraction of sp³-hybridized carbons (Fsp3) is 0.833. The van der Waals surface area contributed by atoms with Crippen molar-refractivity contribution in [2.24, 2.45) is 5.92 Å². The molecule has 5 nitrogen and oxygen atoms in total. The molecule has 2 rings (SSSR count). The van der Waals surface area contributed by atoms with E-state index in [1.54, 1.807) is 4.90 Å². The first kappa shape index (κ1) is 12.4. The van der Waals surface area contributed by atoms with E-state index >= 15 is 0 Å². The molecule has 1 N–H and O–H groups in total. The molecule has 0 spiro atoms. The Balaban J connectivity index is 2.17. The minimum Gasteiger partial charge on any atom is -0.480 e. The molecule has 5 heteroatoms. The van der Waals surface area contributed by atoms with Gasteiger partial charge in [-0.05, 0) is 25.2 Å². The second kappa shape index (κ2) is 5.04. The van der Waals surface area contributed by atoms with Crippen LogP contribution in [0.1, 0.15) is 32.1 Å². The monoisotopic (exact) mass is 241 g/mol. The number of amides is 1. The Labute approximate surface area is 101 Å². The summed E-state index contributed by atoms with van der Waals surface area (Å²) in [6, 6.07) is -0.529. The minimum absolute atomic E-state index is 0.0208. The van der Waals surface area contributed by atoms with Gasteiger partial charge in [0.05, 0.1) is 0 Å². The van der Waals surface area contributed by atoms with E-state index in [0.29, 0.717) is 12.3 Å². The molecule has 1 heterocycles. The van der Waals surface area contributed by atoms with E-state index in [9.17, 15) is 14.7 Å². The molecule has 17 heavy (non-hydrogen) atoms. The van der Waals surface area contributed by atoms with Crippen LogP contribution in [0.5, 0.6) is 0 Å². The lowest BCUT2D eigenvalue weighted by atomic mass is 9.85. The smallest absolute Gasteiger partial charge is 0.326 e. The maximum atomic E-state index is 12.0. The number of aliphatic carboxylic acids is 1. The first-order chi connectivity index (χ1) is 8.15. The van der Waals surface area contributed by atoms with E-state index in [1.165, 1.54) is 7.11 Å². The molecular weight excluding hydrogens is 222 g/mol. The summed E-state index contributed by atoms with van der Waals surface area (Å²) in [5.74, 6) is -0.705. The molecule has 2 aliphatic rings. The lowest BCUT2D eigenvalue weighted by Crippen LogP contribution is -2.47. The van der Waals surface area contributed by atoms with Crippen molar-refractivity contribution in [2.45, 2.75) is 44.2 Å². The van der Waals surface area contributed by atoms with Crippen LogP contribution in [0.25, 0.3) is 0 Å². The van der Waals surface area contributed by atoms with Gasteiger partial charge >= 0.3 is 5.97 Å². The number of ether oxygens (including phenoxy) is 1. The van der Waals surface area contributed by atoms with E-state index in [-0.39, 0.29) is 18.6 Å². The molecule has 0 bridgehead atoms. The molecule has 0 aromatic heterocycles. The second-order valence-corrected chi connectivity index (χ2v) is 4.94. The molecule has 3 atom stereocenters. The van der Waals surface area contributed by atoms with Gasteiger partial charge in [-0.25, -0.2) is 4.79 Å². The third kappa shape index (κ3) is 2.29. The Morgan fingerprint density at radius 3 is 2.71 bits per heavy atom. The van der Waals surface area contributed by atoms with E-state index in [2.05, 4.69) is 0 Å². The molecule has 0 aromatic rings. The zero-order chi connectivity index (χ0) is 12.4. The highest BCUT2D eigenvalue weighted by Crippen LogP contribution is 2.39. The normalized spacial score (nSPS) is 32.3. The van der Waals surface area contributed by atoms with Crippen LogP contribution in [0.3, 0.4) is 0 Å². The number of carboxylic acid groups (broad SMARTS) is 1. The van der Waals surface area contributed by atoms with Crippen LogP contribution < -0.4 is 0 Å². The number of carboxylic acids is 1. The molecule has 0 aromatic carbocycles. The van der Waals surface area contributed by atoms with Gasteiger partial charge in [0.2, 0.25) is 5.91 Å². The molecule has 1 amide bonds. The highest BCUT2D eigenvalue weighted by atomic mass is 16.5. The van der Waals surface area contributed by atoms with Crippen molar-refractivity contribution in [3.8, 4) is 0 Å². The summed E-state index contributed by atoms with van der Waals surface area (Å²) < 4.78 is 4.84. The fourth-order valence-electron chi connectivity index (χ4n) is 3.24. The zero-order valence-electron chi connectivity index (χ0n) is 10.1. The first-order valence-corrected chi connectivity index (χ1v) is 6.18. The van der Waals surface area contributed by atoms with Crippen LogP contribution in [0.4, 0.5) is 0 Å². The van der Waals surface area contributed by atoms with Crippen LogP contribution in [0.15, 0.2) is 0 Å². The average Bonchev–Trinajstić information content (AvgIpc) is 2.68. The van der Waals surface area contributed by atoms with Crippen molar-refractivity contribution in [3.63, 3.8) is 0 Å². The highest BCUT2D eigenvalue weighted by Gasteiger charge is 2.47. The topological polar surface area (TPSA) is 66.8 Å². The summed E-state index contributed by atoms with van der Waals surface area (Å²) in [6.45, 7) is -0.0208. The van der Waals surface area contributed by atoms with Crippen LogP contribution >= 0.6 is 0 Å². The van der Waals surface area contributed by atoms with E-state index in [0.717, 1.165) is 25.7 Å². The lowest BCUT2D eigenvalue weighted by molar-refractivity contribution is -0.151. The Morgan fingerprint density at radius 1 is 1.35 bits per heavy atom. The van der Waals surface area contributed by atoms with E-state index < -0.39 is 12.0 Å². The Kier molecular flexibility index (Phi) is 3.66. The molecule has 0 radical (unpaired) electrons. The van der Waals surface area contributed by atoms with Gasteiger partial charge < -0.3 is 14.7 Å². The Morgan fingerprint density at radius 2 is 2.06 bits per heavy atom. The molecule has 1 saturated heterocycles. The Bertz CT molecular complexity index is 318. The van der Waals surface area contributed by atoms with E-state index in [4.69, 9.17) is 4.74 Å². The number of carbonyl (C=O) groups excluding carboxylic acids is 1. The van der Waals surface area contributed by atoms with Gasteiger partial charge in [-0.3, -0.25) is 4.79 Å². The zero-order valence-corrected chi connectivity index (χ0v) is 10.1. The quantitative estimate of drug-likeness (QED) is 0.796. The largest absolute Gasteiger partial charge is 0.480 e. The second-order valence-electron chi connectivity index (χ2n) is 4.94. The number of hydrogen-bond acceptors (Lipinski definition) is 3.